The molecule has 0 aliphatic heterocycles. The minimum Gasteiger partial charge on any atom is -0.465 e. The molecule has 0 aliphatic rings. The molecular formula is C15H13N3O2. The van der Waals surface area contributed by atoms with Gasteiger partial charge in [-0.1, -0.05) is 6.07 Å². The number of rotatable bonds is 3. The van der Waals surface area contributed by atoms with Gasteiger partial charge in [0, 0.05) is 5.69 Å². The van der Waals surface area contributed by atoms with Crippen LogP contribution in [0.1, 0.15) is 15.9 Å². The van der Waals surface area contributed by atoms with Gasteiger partial charge in [0.1, 0.15) is 0 Å². The van der Waals surface area contributed by atoms with Crippen LogP contribution in [0.25, 0.3) is 0 Å². The van der Waals surface area contributed by atoms with Gasteiger partial charge in [-0.2, -0.15) is 5.26 Å². The number of methoxy groups -OCH3 is 1. The van der Waals surface area contributed by atoms with Gasteiger partial charge in [0.25, 0.3) is 0 Å². The molecule has 20 heavy (non-hydrogen) atoms. The molecule has 0 atom stereocenters. The molecule has 0 heterocycles. The number of hydrogen-bond donors (Lipinski definition) is 2. The summed E-state index contributed by atoms with van der Waals surface area (Å²) in [5.74, 6) is -0.435. The Kier molecular flexibility index (Phi) is 3.87. The highest BCUT2D eigenvalue weighted by Crippen LogP contribution is 2.24. The van der Waals surface area contributed by atoms with Gasteiger partial charge in [-0.05, 0) is 36.4 Å². The van der Waals surface area contributed by atoms with Crippen LogP contribution < -0.4 is 11.1 Å². The number of esters is 1. The number of ether oxygens (including phenoxy) is 1. The molecule has 0 spiro atoms. The van der Waals surface area contributed by atoms with Crippen molar-refractivity contribution in [1.82, 2.24) is 0 Å². The highest BCUT2D eigenvalue weighted by molar-refractivity contribution is 5.92. The second-order valence-corrected chi connectivity index (χ2v) is 4.11. The maximum Gasteiger partial charge on any atom is 0.337 e. The average Bonchev–Trinajstić information content (AvgIpc) is 2.48. The van der Waals surface area contributed by atoms with Crippen LogP contribution in [-0.2, 0) is 4.74 Å². The average molecular weight is 267 g/mol. The Morgan fingerprint density at radius 1 is 1.30 bits per heavy atom. The van der Waals surface area contributed by atoms with E-state index in [-0.39, 0.29) is 0 Å². The molecule has 0 unspecified atom stereocenters. The minimum absolute atomic E-state index is 0.390. The highest BCUT2D eigenvalue weighted by atomic mass is 16.5. The van der Waals surface area contributed by atoms with Gasteiger partial charge in [0.05, 0.1) is 35.7 Å². The fourth-order valence-corrected chi connectivity index (χ4v) is 1.74. The Morgan fingerprint density at radius 3 is 2.75 bits per heavy atom. The molecule has 0 amide bonds. The van der Waals surface area contributed by atoms with Gasteiger partial charge in [0.2, 0.25) is 0 Å². The Morgan fingerprint density at radius 2 is 2.10 bits per heavy atom. The molecule has 0 aliphatic carbocycles. The fraction of sp³-hybridized carbons (Fsp3) is 0.0667. The van der Waals surface area contributed by atoms with Crippen molar-refractivity contribution in [2.75, 3.05) is 18.2 Å². The first-order valence-corrected chi connectivity index (χ1v) is 5.89. The monoisotopic (exact) mass is 267 g/mol. The van der Waals surface area contributed by atoms with Crippen molar-refractivity contribution in [1.29, 1.82) is 5.26 Å². The third kappa shape index (κ3) is 2.87. The summed E-state index contributed by atoms with van der Waals surface area (Å²) in [6.45, 7) is 0. The lowest BCUT2D eigenvalue weighted by Crippen LogP contribution is -2.03. The summed E-state index contributed by atoms with van der Waals surface area (Å²) in [5.41, 5.74) is 8.68. The van der Waals surface area contributed by atoms with Crippen LogP contribution in [-0.4, -0.2) is 13.1 Å². The van der Waals surface area contributed by atoms with Gasteiger partial charge in [-0.3, -0.25) is 0 Å². The molecule has 100 valence electrons. The van der Waals surface area contributed by atoms with Crippen LogP contribution in [0.3, 0.4) is 0 Å². The van der Waals surface area contributed by atoms with E-state index < -0.39 is 5.97 Å². The molecule has 0 bridgehead atoms. The lowest BCUT2D eigenvalue weighted by molar-refractivity contribution is 0.0601. The van der Waals surface area contributed by atoms with Gasteiger partial charge in [0.15, 0.2) is 0 Å². The number of nitrogens with one attached hydrogen (secondary N) is 1. The van der Waals surface area contributed by atoms with Crippen LogP contribution >= 0.6 is 0 Å². The van der Waals surface area contributed by atoms with E-state index in [9.17, 15) is 4.79 Å². The third-order valence-electron chi connectivity index (χ3n) is 2.74. The second-order valence-electron chi connectivity index (χ2n) is 4.11. The molecule has 0 aromatic heterocycles. The van der Waals surface area contributed by atoms with E-state index in [4.69, 9.17) is 11.0 Å². The molecular weight excluding hydrogens is 254 g/mol. The topological polar surface area (TPSA) is 88.1 Å². The van der Waals surface area contributed by atoms with E-state index in [1.165, 1.54) is 7.11 Å². The zero-order chi connectivity index (χ0) is 14.5. The van der Waals surface area contributed by atoms with E-state index in [1.54, 1.807) is 36.4 Å². The van der Waals surface area contributed by atoms with E-state index in [0.29, 0.717) is 22.5 Å². The maximum absolute atomic E-state index is 11.4. The molecule has 2 rings (SSSR count). The summed E-state index contributed by atoms with van der Waals surface area (Å²) in [6, 6.07) is 14.0. The number of hydrogen-bond acceptors (Lipinski definition) is 5. The molecule has 5 heteroatoms. The van der Waals surface area contributed by atoms with Gasteiger partial charge in [-0.25, -0.2) is 4.79 Å². The number of anilines is 3. The fourth-order valence-electron chi connectivity index (χ4n) is 1.74. The smallest absolute Gasteiger partial charge is 0.337 e. The van der Waals surface area contributed by atoms with Crippen LogP contribution in [0.4, 0.5) is 17.1 Å². The quantitative estimate of drug-likeness (QED) is 0.659. The lowest BCUT2D eigenvalue weighted by Gasteiger charge is -2.10. The Labute approximate surface area is 116 Å². The predicted molar refractivity (Wildman–Crippen MR) is 76.6 cm³/mol. The van der Waals surface area contributed by atoms with Crippen molar-refractivity contribution in [2.45, 2.75) is 0 Å². The lowest BCUT2D eigenvalue weighted by atomic mass is 10.1. The van der Waals surface area contributed by atoms with Gasteiger partial charge in [-0.15, -0.1) is 0 Å². The summed E-state index contributed by atoms with van der Waals surface area (Å²) in [5, 5.41) is 12.0. The zero-order valence-electron chi connectivity index (χ0n) is 10.9. The van der Waals surface area contributed by atoms with E-state index in [1.807, 2.05) is 6.07 Å². The molecule has 2 aromatic carbocycles. The molecule has 0 saturated carbocycles. The first-order chi connectivity index (χ1) is 9.63. The first kappa shape index (κ1) is 13.4. The van der Waals surface area contributed by atoms with Crippen molar-refractivity contribution in [3.05, 3.63) is 53.6 Å². The molecule has 5 nitrogen and oxygen atoms in total. The van der Waals surface area contributed by atoms with Crippen LogP contribution in [0.5, 0.6) is 0 Å². The summed E-state index contributed by atoms with van der Waals surface area (Å²) < 4.78 is 4.63. The third-order valence-corrected chi connectivity index (χ3v) is 2.74. The standard InChI is InChI=1S/C15H13N3O2/c1-20-15(19)11-5-6-14(13(17)8-11)18-12-4-2-3-10(7-12)9-16/h2-8,18H,17H2,1H3. The molecule has 2 aromatic rings. The van der Waals surface area contributed by atoms with Gasteiger partial charge >= 0.3 is 5.97 Å². The Balaban J connectivity index is 2.26. The van der Waals surface area contributed by atoms with E-state index in [0.717, 1.165) is 5.69 Å². The van der Waals surface area contributed by atoms with Crippen molar-refractivity contribution >= 4 is 23.0 Å². The number of carbonyl (C=O) groups is 1. The maximum atomic E-state index is 11.4. The first-order valence-electron chi connectivity index (χ1n) is 5.89. The van der Waals surface area contributed by atoms with E-state index in [2.05, 4.69) is 16.1 Å². The highest BCUT2D eigenvalue weighted by Gasteiger charge is 2.08. The largest absolute Gasteiger partial charge is 0.465 e. The summed E-state index contributed by atoms with van der Waals surface area (Å²) in [4.78, 5) is 11.4. The van der Waals surface area contributed by atoms with Crippen LogP contribution in [0.15, 0.2) is 42.5 Å². The summed E-state index contributed by atoms with van der Waals surface area (Å²) in [7, 11) is 1.32. The van der Waals surface area contributed by atoms with Crippen molar-refractivity contribution in [2.24, 2.45) is 0 Å². The van der Waals surface area contributed by atoms with Crippen molar-refractivity contribution < 1.29 is 9.53 Å². The Bertz CT molecular complexity index is 690. The van der Waals surface area contributed by atoms with Crippen molar-refractivity contribution in [3.8, 4) is 6.07 Å². The second kappa shape index (κ2) is 5.76. The summed E-state index contributed by atoms with van der Waals surface area (Å²) in [6.07, 6.45) is 0. The number of nitrogens with two attached hydrogens (primary N) is 1. The van der Waals surface area contributed by atoms with E-state index >= 15 is 0 Å². The number of carbonyl (C=O) groups excluding carboxylic acids is 1. The zero-order valence-corrected chi connectivity index (χ0v) is 10.9. The predicted octanol–water partition coefficient (Wildman–Crippen LogP) is 2.67. The number of nitriles is 1. The SMILES string of the molecule is COC(=O)c1ccc(Nc2cccc(C#N)c2)c(N)c1. The Hall–Kier alpha value is -3.00. The van der Waals surface area contributed by atoms with Crippen LogP contribution in [0, 0.1) is 11.3 Å². The van der Waals surface area contributed by atoms with Gasteiger partial charge < -0.3 is 15.8 Å². The number of nitrogens with zero attached hydrogens (tertiary/aromatic N) is 1. The normalized spacial score (nSPS) is 9.60. The summed E-state index contributed by atoms with van der Waals surface area (Å²) >= 11 is 0. The van der Waals surface area contributed by atoms with Crippen LogP contribution in [0.2, 0.25) is 0 Å². The molecule has 3 N–H and O–H groups in total. The molecule has 0 saturated heterocycles. The minimum atomic E-state index is -0.435. The number of nitrogen functional groups attached to an aromatic ring is 1. The van der Waals surface area contributed by atoms with Crippen molar-refractivity contribution in [3.63, 3.8) is 0 Å². The molecule has 0 radical (unpaired) electrons. The molecule has 0 fully saturated rings. The number of benzene rings is 2.